The van der Waals surface area contributed by atoms with Gasteiger partial charge in [0.1, 0.15) is 11.6 Å². The number of rotatable bonds is 11. The van der Waals surface area contributed by atoms with Gasteiger partial charge in [0.05, 0.1) is 19.4 Å². The minimum atomic E-state index is -1.01. The molecule has 3 aromatic rings. The third-order valence-electron chi connectivity index (χ3n) is 4.76. The normalized spacial score (nSPS) is 10.5. The van der Waals surface area contributed by atoms with Gasteiger partial charge in [-0.1, -0.05) is 0 Å². The van der Waals surface area contributed by atoms with E-state index >= 15 is 0 Å². The van der Waals surface area contributed by atoms with Gasteiger partial charge in [0, 0.05) is 11.4 Å². The predicted octanol–water partition coefficient (Wildman–Crippen LogP) is 3.73. The fourth-order valence-electron chi connectivity index (χ4n) is 3.07. The number of hydrogen-bond acceptors (Lipinski definition) is 7. The maximum atomic E-state index is 13.0. The van der Waals surface area contributed by atoms with Crippen LogP contribution in [0.1, 0.15) is 19.4 Å². The standard InChI is InChI=1S/C27H27FN4O6/c1-3-36-22-12-10-20(11-13-22)30-25(33)17-38-23-14-5-18(15-24(23)37-4-2)16-29-32-27(35)26(34)31-21-8-6-19(28)7-9-21/h5-16H,3-4,17H2,1-2H3,(H,30,33)(H,31,34)(H,32,35)/b29-16-. The van der Waals surface area contributed by atoms with E-state index < -0.39 is 17.6 Å². The molecule has 10 nitrogen and oxygen atoms in total. The van der Waals surface area contributed by atoms with Crippen LogP contribution in [0.15, 0.2) is 71.8 Å². The van der Waals surface area contributed by atoms with Crippen molar-refractivity contribution in [3.05, 3.63) is 78.1 Å². The Morgan fingerprint density at radius 2 is 1.45 bits per heavy atom. The first kappa shape index (κ1) is 27.7. The average molecular weight is 523 g/mol. The zero-order valence-electron chi connectivity index (χ0n) is 20.8. The molecular weight excluding hydrogens is 495 g/mol. The smallest absolute Gasteiger partial charge is 0.329 e. The van der Waals surface area contributed by atoms with Crippen molar-refractivity contribution < 1.29 is 33.0 Å². The van der Waals surface area contributed by atoms with Gasteiger partial charge in [-0.25, -0.2) is 9.82 Å². The van der Waals surface area contributed by atoms with Crippen molar-refractivity contribution in [1.82, 2.24) is 5.43 Å². The molecule has 3 aromatic carbocycles. The molecule has 3 N–H and O–H groups in total. The second-order valence-electron chi connectivity index (χ2n) is 7.59. The highest BCUT2D eigenvalue weighted by atomic mass is 19.1. The summed E-state index contributed by atoms with van der Waals surface area (Å²) in [5, 5.41) is 8.84. The Kier molecular flexibility index (Phi) is 10.2. The Morgan fingerprint density at radius 3 is 2.13 bits per heavy atom. The number of benzene rings is 3. The fraction of sp³-hybridized carbons (Fsp3) is 0.185. The molecule has 11 heteroatoms. The molecule has 38 heavy (non-hydrogen) atoms. The van der Waals surface area contributed by atoms with E-state index in [2.05, 4.69) is 21.2 Å². The number of amides is 3. The minimum Gasteiger partial charge on any atom is -0.494 e. The highest BCUT2D eigenvalue weighted by molar-refractivity contribution is 6.39. The summed E-state index contributed by atoms with van der Waals surface area (Å²) in [6.07, 6.45) is 1.31. The first-order chi connectivity index (χ1) is 18.4. The van der Waals surface area contributed by atoms with E-state index in [1.54, 1.807) is 49.4 Å². The molecule has 0 saturated heterocycles. The number of anilines is 2. The first-order valence-corrected chi connectivity index (χ1v) is 11.7. The molecule has 198 valence electrons. The minimum absolute atomic E-state index is 0.250. The lowest BCUT2D eigenvalue weighted by Gasteiger charge is -2.13. The van der Waals surface area contributed by atoms with Gasteiger partial charge >= 0.3 is 11.8 Å². The van der Waals surface area contributed by atoms with Crippen LogP contribution in [0.2, 0.25) is 0 Å². The van der Waals surface area contributed by atoms with Crippen molar-refractivity contribution >= 4 is 35.3 Å². The number of nitrogens with one attached hydrogen (secondary N) is 3. The molecule has 0 aliphatic heterocycles. The monoisotopic (exact) mass is 522 g/mol. The number of hydrazone groups is 1. The summed E-state index contributed by atoms with van der Waals surface area (Å²) in [7, 11) is 0. The number of nitrogens with zero attached hydrogens (tertiary/aromatic N) is 1. The van der Waals surface area contributed by atoms with Gasteiger partial charge < -0.3 is 24.8 Å². The molecule has 0 bridgehead atoms. The van der Waals surface area contributed by atoms with Crippen LogP contribution in [-0.2, 0) is 14.4 Å². The third-order valence-corrected chi connectivity index (χ3v) is 4.76. The second-order valence-corrected chi connectivity index (χ2v) is 7.59. The van der Waals surface area contributed by atoms with Crippen molar-refractivity contribution in [1.29, 1.82) is 0 Å². The second kappa shape index (κ2) is 14.0. The molecular formula is C27H27FN4O6. The molecule has 0 saturated carbocycles. The lowest BCUT2D eigenvalue weighted by atomic mass is 10.2. The summed E-state index contributed by atoms with van der Waals surface area (Å²) in [6, 6.07) is 16.8. The van der Waals surface area contributed by atoms with Crippen LogP contribution in [0, 0.1) is 5.82 Å². The van der Waals surface area contributed by atoms with E-state index in [0.717, 1.165) is 12.1 Å². The molecule has 0 spiro atoms. The van der Waals surface area contributed by atoms with E-state index in [9.17, 15) is 18.8 Å². The summed E-state index contributed by atoms with van der Waals surface area (Å²) in [5.41, 5.74) is 3.52. The molecule has 3 rings (SSSR count). The Hall–Kier alpha value is -4.93. The van der Waals surface area contributed by atoms with Crippen LogP contribution in [0.25, 0.3) is 0 Å². The van der Waals surface area contributed by atoms with Gasteiger partial charge in [0.25, 0.3) is 5.91 Å². The highest BCUT2D eigenvalue weighted by Gasteiger charge is 2.13. The van der Waals surface area contributed by atoms with Crippen LogP contribution in [-0.4, -0.2) is 43.8 Å². The number of hydrogen-bond donors (Lipinski definition) is 3. The molecule has 0 heterocycles. The number of carbonyl (C=O) groups is 3. The van der Waals surface area contributed by atoms with Crippen LogP contribution >= 0.6 is 0 Å². The SMILES string of the molecule is CCOc1ccc(NC(=O)COc2ccc(/C=N\NC(=O)C(=O)Nc3ccc(F)cc3)cc2OCC)cc1. The zero-order valence-corrected chi connectivity index (χ0v) is 20.8. The van der Waals surface area contributed by atoms with Crippen LogP contribution in [0.3, 0.4) is 0 Å². The van der Waals surface area contributed by atoms with Gasteiger partial charge in [-0.15, -0.1) is 0 Å². The lowest BCUT2D eigenvalue weighted by Crippen LogP contribution is -2.32. The van der Waals surface area contributed by atoms with Crippen molar-refractivity contribution in [2.45, 2.75) is 13.8 Å². The largest absolute Gasteiger partial charge is 0.494 e. The van der Waals surface area contributed by atoms with E-state index in [1.165, 1.54) is 18.3 Å². The highest BCUT2D eigenvalue weighted by Crippen LogP contribution is 2.28. The van der Waals surface area contributed by atoms with Gasteiger partial charge in [-0.2, -0.15) is 5.10 Å². The molecule has 0 atom stereocenters. The van der Waals surface area contributed by atoms with Crippen molar-refractivity contribution in [2.75, 3.05) is 30.5 Å². The van der Waals surface area contributed by atoms with Gasteiger partial charge in [0.2, 0.25) is 0 Å². The maximum Gasteiger partial charge on any atom is 0.329 e. The van der Waals surface area contributed by atoms with Crippen molar-refractivity contribution in [3.63, 3.8) is 0 Å². The van der Waals surface area contributed by atoms with Gasteiger partial charge in [-0.3, -0.25) is 14.4 Å². The summed E-state index contributed by atoms with van der Waals surface area (Å²) >= 11 is 0. The Morgan fingerprint density at radius 1 is 0.789 bits per heavy atom. The molecule has 0 aliphatic rings. The zero-order chi connectivity index (χ0) is 27.3. The summed E-state index contributed by atoms with van der Waals surface area (Å²) in [6.45, 7) is 4.33. The molecule has 0 radical (unpaired) electrons. The van der Waals surface area contributed by atoms with Crippen LogP contribution in [0.5, 0.6) is 17.2 Å². The Bertz CT molecular complexity index is 1280. The maximum absolute atomic E-state index is 13.0. The third kappa shape index (κ3) is 8.63. The molecule has 0 aromatic heterocycles. The topological polar surface area (TPSA) is 127 Å². The van der Waals surface area contributed by atoms with Crippen molar-refractivity contribution in [3.8, 4) is 17.2 Å². The molecule has 3 amide bonds. The number of carbonyl (C=O) groups excluding carboxylic acids is 3. The summed E-state index contributed by atoms with van der Waals surface area (Å²) < 4.78 is 29.6. The summed E-state index contributed by atoms with van der Waals surface area (Å²) in [5.74, 6) is -1.38. The van der Waals surface area contributed by atoms with E-state index in [1.807, 2.05) is 6.92 Å². The Labute approximate surface area is 218 Å². The number of ether oxygens (including phenoxy) is 3. The lowest BCUT2D eigenvalue weighted by molar-refractivity contribution is -0.136. The summed E-state index contributed by atoms with van der Waals surface area (Å²) in [4.78, 5) is 36.2. The number of halogens is 1. The van der Waals surface area contributed by atoms with Crippen LogP contribution < -0.4 is 30.3 Å². The van der Waals surface area contributed by atoms with E-state index in [4.69, 9.17) is 14.2 Å². The van der Waals surface area contributed by atoms with E-state index in [-0.39, 0.29) is 18.2 Å². The first-order valence-electron chi connectivity index (χ1n) is 11.7. The van der Waals surface area contributed by atoms with E-state index in [0.29, 0.717) is 41.7 Å². The molecule has 0 aliphatic carbocycles. The quantitative estimate of drug-likeness (QED) is 0.200. The predicted molar refractivity (Wildman–Crippen MR) is 140 cm³/mol. The fourth-order valence-corrected chi connectivity index (χ4v) is 3.07. The van der Waals surface area contributed by atoms with Crippen LogP contribution in [0.4, 0.5) is 15.8 Å². The average Bonchev–Trinajstić information content (AvgIpc) is 2.91. The molecule has 0 fully saturated rings. The van der Waals surface area contributed by atoms with Gasteiger partial charge in [0.15, 0.2) is 18.1 Å². The molecule has 0 unspecified atom stereocenters. The van der Waals surface area contributed by atoms with Crippen molar-refractivity contribution in [2.24, 2.45) is 5.10 Å². The van der Waals surface area contributed by atoms with Gasteiger partial charge in [-0.05, 0) is 86.1 Å². The Balaban J connectivity index is 1.53.